The summed E-state index contributed by atoms with van der Waals surface area (Å²) in [4.78, 5) is 0. The van der Waals surface area contributed by atoms with Crippen LogP contribution in [0, 0.1) is 29.4 Å². The van der Waals surface area contributed by atoms with Crippen LogP contribution in [0.1, 0.15) is 63.4 Å². The maximum absolute atomic E-state index is 14.4. The van der Waals surface area contributed by atoms with E-state index in [2.05, 4.69) is 6.92 Å². The second kappa shape index (κ2) is 7.17. The molecule has 0 bridgehead atoms. The first kappa shape index (κ1) is 17.8. The lowest BCUT2D eigenvalue weighted by Crippen LogP contribution is -2.30. The number of fused-ring (bicyclic) bond motifs is 2. The van der Waals surface area contributed by atoms with Crippen molar-refractivity contribution in [2.45, 2.75) is 57.8 Å². The van der Waals surface area contributed by atoms with Crippen LogP contribution in [0.4, 0.5) is 8.78 Å². The summed E-state index contributed by atoms with van der Waals surface area (Å²) in [7, 11) is 1.30. The number of rotatable bonds is 3. The Hall–Kier alpha value is -1.64. The molecule has 2 fully saturated rings. The van der Waals surface area contributed by atoms with Crippen molar-refractivity contribution in [3.05, 3.63) is 41.5 Å². The molecule has 0 aliphatic heterocycles. The summed E-state index contributed by atoms with van der Waals surface area (Å²) in [5.74, 6) is 1.65. The number of benzene rings is 2. The number of methoxy groups -OCH3 is 1. The van der Waals surface area contributed by atoms with Gasteiger partial charge in [0.25, 0.3) is 0 Å². The van der Waals surface area contributed by atoms with Crippen molar-refractivity contribution in [3.8, 4) is 5.75 Å². The van der Waals surface area contributed by atoms with Gasteiger partial charge in [-0.25, -0.2) is 8.78 Å². The van der Waals surface area contributed by atoms with Crippen LogP contribution < -0.4 is 4.74 Å². The van der Waals surface area contributed by atoms with Crippen molar-refractivity contribution in [1.29, 1.82) is 0 Å². The molecule has 2 aliphatic carbocycles. The molecule has 4 unspecified atom stereocenters. The van der Waals surface area contributed by atoms with Crippen LogP contribution in [-0.2, 0) is 0 Å². The molecule has 26 heavy (non-hydrogen) atoms. The van der Waals surface area contributed by atoms with E-state index in [1.165, 1.54) is 63.7 Å². The van der Waals surface area contributed by atoms with Gasteiger partial charge in [0, 0.05) is 5.39 Å². The number of hydrogen-bond acceptors (Lipinski definition) is 1. The van der Waals surface area contributed by atoms with Crippen LogP contribution in [0.5, 0.6) is 5.75 Å². The molecule has 4 rings (SSSR count). The molecule has 4 atom stereocenters. The lowest BCUT2D eigenvalue weighted by atomic mass is 9.63. The second-order valence-corrected chi connectivity index (χ2v) is 8.30. The first-order valence-corrected chi connectivity index (χ1v) is 10.1. The minimum atomic E-state index is -0.628. The first-order chi connectivity index (χ1) is 12.6. The molecular formula is C23H28F2O. The minimum absolute atomic E-state index is 0.293. The molecule has 0 spiro atoms. The van der Waals surface area contributed by atoms with Gasteiger partial charge in [0.05, 0.1) is 7.11 Å². The third-order valence-corrected chi connectivity index (χ3v) is 6.99. The van der Waals surface area contributed by atoms with E-state index < -0.39 is 11.6 Å². The summed E-state index contributed by atoms with van der Waals surface area (Å²) in [5.41, 5.74) is 1.23. The predicted molar refractivity (Wildman–Crippen MR) is 102 cm³/mol. The molecule has 0 amide bonds. The second-order valence-electron chi connectivity index (χ2n) is 8.30. The average Bonchev–Trinajstić information content (AvgIpc) is 2.67. The van der Waals surface area contributed by atoms with E-state index in [0.29, 0.717) is 16.7 Å². The zero-order valence-corrected chi connectivity index (χ0v) is 15.7. The molecule has 2 aromatic carbocycles. The largest absolute Gasteiger partial charge is 0.491 e. The molecule has 0 saturated heterocycles. The minimum Gasteiger partial charge on any atom is -0.491 e. The van der Waals surface area contributed by atoms with E-state index in [9.17, 15) is 8.78 Å². The van der Waals surface area contributed by atoms with Crippen LogP contribution in [0.25, 0.3) is 10.8 Å². The zero-order chi connectivity index (χ0) is 18.3. The standard InChI is InChI=1S/C23H28F2O/c1-3-14-4-5-16-11-17(7-6-15(16)10-14)18-8-9-20-19(12-18)13-21(24)23(26-2)22(20)25/h8-9,12-17H,3-7,10-11H2,1-2H3. The lowest BCUT2D eigenvalue weighted by molar-refractivity contribution is 0.116. The maximum atomic E-state index is 14.4. The summed E-state index contributed by atoms with van der Waals surface area (Å²) in [6, 6.07) is 7.22. The van der Waals surface area contributed by atoms with Crippen LogP contribution in [0.2, 0.25) is 0 Å². The number of hydrogen-bond donors (Lipinski definition) is 0. The van der Waals surface area contributed by atoms with Crippen LogP contribution in [0.3, 0.4) is 0 Å². The molecule has 2 aliphatic rings. The van der Waals surface area contributed by atoms with Gasteiger partial charge in [-0.1, -0.05) is 38.0 Å². The van der Waals surface area contributed by atoms with Gasteiger partial charge in [-0.2, -0.15) is 0 Å². The molecule has 2 aromatic rings. The molecule has 0 N–H and O–H groups in total. The van der Waals surface area contributed by atoms with Crippen molar-refractivity contribution in [1.82, 2.24) is 0 Å². The Labute approximate surface area is 154 Å². The van der Waals surface area contributed by atoms with Crippen molar-refractivity contribution in [2.75, 3.05) is 7.11 Å². The van der Waals surface area contributed by atoms with Gasteiger partial charge in [-0.05, 0) is 72.8 Å². The van der Waals surface area contributed by atoms with E-state index in [4.69, 9.17) is 4.74 Å². The SMILES string of the molecule is CCC1CCC2CC(c3ccc4c(F)c(OC)c(F)cc4c3)CCC2C1. The van der Waals surface area contributed by atoms with E-state index in [0.717, 1.165) is 17.8 Å². The average molecular weight is 358 g/mol. The third-order valence-electron chi connectivity index (χ3n) is 6.99. The van der Waals surface area contributed by atoms with Gasteiger partial charge in [-0.15, -0.1) is 0 Å². The third kappa shape index (κ3) is 3.10. The van der Waals surface area contributed by atoms with Crippen molar-refractivity contribution < 1.29 is 13.5 Å². The Balaban J connectivity index is 1.58. The first-order valence-electron chi connectivity index (χ1n) is 10.1. The van der Waals surface area contributed by atoms with E-state index >= 15 is 0 Å². The Morgan fingerprint density at radius 2 is 1.77 bits per heavy atom. The molecule has 1 nitrogen and oxygen atoms in total. The zero-order valence-electron chi connectivity index (χ0n) is 15.7. The molecule has 3 heteroatoms. The molecule has 140 valence electrons. The number of halogens is 2. The molecule has 0 heterocycles. The monoisotopic (exact) mass is 358 g/mol. The van der Waals surface area contributed by atoms with Gasteiger partial charge >= 0.3 is 0 Å². The van der Waals surface area contributed by atoms with E-state index in [1.54, 1.807) is 6.07 Å². The quantitative estimate of drug-likeness (QED) is 0.584. The topological polar surface area (TPSA) is 9.23 Å². The highest BCUT2D eigenvalue weighted by Crippen LogP contribution is 2.48. The summed E-state index contributed by atoms with van der Waals surface area (Å²) in [5, 5.41) is 1.07. The highest BCUT2D eigenvalue weighted by atomic mass is 19.1. The molecule has 0 radical (unpaired) electrons. The normalized spacial score (nSPS) is 28.8. The lowest BCUT2D eigenvalue weighted by Gasteiger charge is -2.42. The maximum Gasteiger partial charge on any atom is 0.191 e. The highest BCUT2D eigenvalue weighted by molar-refractivity contribution is 5.85. The van der Waals surface area contributed by atoms with Gasteiger partial charge in [0.1, 0.15) is 0 Å². The Morgan fingerprint density at radius 1 is 1.00 bits per heavy atom. The van der Waals surface area contributed by atoms with Gasteiger partial charge in [0.15, 0.2) is 17.4 Å². The molecular weight excluding hydrogens is 330 g/mol. The summed E-state index contributed by atoms with van der Waals surface area (Å²) < 4.78 is 33.4. The Bertz CT molecular complexity index is 800. The fourth-order valence-electron chi connectivity index (χ4n) is 5.43. The molecule has 0 aromatic heterocycles. The summed E-state index contributed by atoms with van der Waals surface area (Å²) in [6.45, 7) is 2.32. The Morgan fingerprint density at radius 3 is 2.54 bits per heavy atom. The van der Waals surface area contributed by atoms with Gasteiger partial charge in [0.2, 0.25) is 0 Å². The van der Waals surface area contributed by atoms with Gasteiger partial charge in [-0.3, -0.25) is 0 Å². The van der Waals surface area contributed by atoms with E-state index in [-0.39, 0.29) is 5.75 Å². The predicted octanol–water partition coefficient (Wildman–Crippen LogP) is 6.84. The van der Waals surface area contributed by atoms with Crippen LogP contribution in [0.15, 0.2) is 24.3 Å². The van der Waals surface area contributed by atoms with Crippen molar-refractivity contribution in [3.63, 3.8) is 0 Å². The summed E-state index contributed by atoms with van der Waals surface area (Å²) >= 11 is 0. The van der Waals surface area contributed by atoms with Crippen molar-refractivity contribution >= 4 is 10.8 Å². The van der Waals surface area contributed by atoms with Crippen LogP contribution in [-0.4, -0.2) is 7.11 Å². The summed E-state index contributed by atoms with van der Waals surface area (Å²) in [6.07, 6.45) is 9.18. The molecule has 2 saturated carbocycles. The van der Waals surface area contributed by atoms with Crippen molar-refractivity contribution in [2.24, 2.45) is 17.8 Å². The van der Waals surface area contributed by atoms with Crippen LogP contribution >= 0.6 is 0 Å². The smallest absolute Gasteiger partial charge is 0.191 e. The number of ether oxygens (including phenoxy) is 1. The van der Waals surface area contributed by atoms with E-state index in [1.807, 2.05) is 12.1 Å². The fraction of sp³-hybridized carbons (Fsp3) is 0.565. The highest BCUT2D eigenvalue weighted by Gasteiger charge is 2.35. The Kier molecular flexibility index (Phi) is 4.90. The van der Waals surface area contributed by atoms with Gasteiger partial charge < -0.3 is 4.74 Å². The fourth-order valence-corrected chi connectivity index (χ4v) is 5.43.